The first-order chi connectivity index (χ1) is 38.4. The van der Waals surface area contributed by atoms with Crippen LogP contribution in [-0.4, -0.2) is 77.1 Å². The van der Waals surface area contributed by atoms with Crippen LogP contribution in [0, 0.1) is 23.2 Å². The van der Waals surface area contributed by atoms with E-state index >= 15 is 0 Å². The van der Waals surface area contributed by atoms with E-state index in [0.29, 0.717) is 32.8 Å². The van der Waals surface area contributed by atoms with E-state index in [0.717, 1.165) is 79.4 Å². The molecule has 0 fully saturated rings. The molecule has 3 rings (SSSR count). The van der Waals surface area contributed by atoms with Crippen molar-refractivity contribution in [3.8, 4) is 0 Å². The molecule has 82 heavy (non-hydrogen) atoms. The van der Waals surface area contributed by atoms with Crippen molar-refractivity contribution < 1.29 is 75.2 Å². The Labute approximate surface area is 516 Å². The predicted molar refractivity (Wildman–Crippen MR) is 337 cm³/mol. The van der Waals surface area contributed by atoms with Gasteiger partial charge < -0.3 is 14.6 Å². The average Bonchev–Trinajstić information content (AvgIpc) is 3.43. The molecule has 0 saturated heterocycles. The van der Waals surface area contributed by atoms with Gasteiger partial charge in [0, 0.05) is 27.1 Å². The van der Waals surface area contributed by atoms with Gasteiger partial charge in [0.25, 0.3) is 30.4 Å². The van der Waals surface area contributed by atoms with Crippen molar-refractivity contribution >= 4 is 30.4 Å². The van der Waals surface area contributed by atoms with Crippen molar-refractivity contribution in [2.45, 2.75) is 243 Å². The Hall–Kier alpha value is -2.54. The maximum Gasteiger partial charge on any atom is 0.294 e. The van der Waals surface area contributed by atoms with Crippen LogP contribution in [0.5, 0.6) is 0 Å². The van der Waals surface area contributed by atoms with E-state index in [1.807, 2.05) is 13.0 Å². The fourth-order valence-corrected chi connectivity index (χ4v) is 10.8. The minimum Gasteiger partial charge on any atom is -0.396 e. The minimum absolute atomic E-state index is 0. The SMILES string of the molecule is C=CCOCC(CC)(CO)COCC=C.CC(C)CCCCCCCCCc1ccc(S(=O)(=O)O)cc1.CC(C)CCCCCCCCCc1ccc(S(=O)(=O)O)cc1.CC(C)CCCCCCCCCc1ccccc1S(=O)(=O)O.[Ti]. The number of hydrogen-bond donors (Lipinski definition) is 4. The molecule has 0 bridgehead atoms. The maximum absolute atomic E-state index is 11.3. The van der Waals surface area contributed by atoms with Crippen molar-refractivity contribution in [3.63, 3.8) is 0 Å². The van der Waals surface area contributed by atoms with E-state index in [9.17, 15) is 34.9 Å². The first-order valence-electron chi connectivity index (χ1n) is 30.6. The van der Waals surface area contributed by atoms with Crippen LogP contribution in [-0.2, 0) is 80.8 Å². The molecule has 470 valence electrons. The zero-order valence-corrected chi connectivity index (χ0v) is 55.9. The molecule has 0 aliphatic carbocycles. The van der Waals surface area contributed by atoms with Crippen LogP contribution in [0.25, 0.3) is 0 Å². The summed E-state index contributed by atoms with van der Waals surface area (Å²) in [6, 6.07) is 19.8. The molecule has 16 heteroatoms. The molecule has 3 aromatic carbocycles. The van der Waals surface area contributed by atoms with Gasteiger partial charge in [0.2, 0.25) is 0 Å². The molecule has 0 aliphatic heterocycles. The second-order valence-corrected chi connectivity index (χ2v) is 27.4. The third-order valence-electron chi connectivity index (χ3n) is 14.3. The summed E-state index contributed by atoms with van der Waals surface area (Å²) in [5.74, 6) is 2.46. The van der Waals surface area contributed by atoms with Crippen molar-refractivity contribution in [2.75, 3.05) is 33.0 Å². The number of aryl methyl sites for hydroxylation is 3. The topological polar surface area (TPSA) is 202 Å². The number of rotatable bonds is 43. The van der Waals surface area contributed by atoms with Crippen molar-refractivity contribution in [1.82, 2.24) is 0 Å². The Morgan fingerprint density at radius 3 is 1.04 bits per heavy atom. The van der Waals surface area contributed by atoms with Gasteiger partial charge in [0.15, 0.2) is 0 Å². The van der Waals surface area contributed by atoms with Gasteiger partial charge in [0.1, 0.15) is 0 Å². The largest absolute Gasteiger partial charge is 0.396 e. The summed E-state index contributed by atoms with van der Waals surface area (Å²) >= 11 is 0. The molecule has 4 N–H and O–H groups in total. The van der Waals surface area contributed by atoms with Gasteiger partial charge in [-0.05, 0) is 110 Å². The van der Waals surface area contributed by atoms with Crippen molar-refractivity contribution in [3.05, 3.63) is 115 Å². The fourth-order valence-electron chi connectivity index (χ4n) is 9.07. The van der Waals surface area contributed by atoms with E-state index < -0.39 is 30.4 Å². The maximum atomic E-state index is 11.3. The van der Waals surface area contributed by atoms with Gasteiger partial charge in [-0.3, -0.25) is 13.7 Å². The minimum atomic E-state index is -4.10. The van der Waals surface area contributed by atoms with Gasteiger partial charge in [-0.2, -0.15) is 25.3 Å². The third kappa shape index (κ3) is 44.9. The summed E-state index contributed by atoms with van der Waals surface area (Å²) in [7, 11) is -12.2. The molecule has 0 unspecified atom stereocenters. The van der Waals surface area contributed by atoms with E-state index in [2.05, 4.69) is 54.7 Å². The molecular weight excluding hydrogens is 1130 g/mol. The molecule has 0 saturated carbocycles. The Balaban J connectivity index is 0. The summed E-state index contributed by atoms with van der Waals surface area (Å²) in [5.41, 5.74) is 2.68. The number of hydrogen-bond acceptors (Lipinski definition) is 9. The van der Waals surface area contributed by atoms with Gasteiger partial charge in [0.05, 0.1) is 47.7 Å². The standard InChI is InChI=1S/3C18H30O3S.C12H22O3.Ti/c1-16(2)12-8-6-4-3-5-7-9-13-17-14-10-11-15-18(17)22(19,20)21;2*1-16(2)10-8-6-4-3-5-7-9-11-17-12-14-18(15-13-17)22(19,20)21;1-4-7-14-10-12(6-3,9-13)11-15-8-5-2;/h10-11,14-16H,3-9,12-13H2,1-2H3,(H,19,20,21);2*12-16H,3-11H2,1-2H3,(H,19,20,21);4-5,13H,1-2,6-11H2,3H3;. The van der Waals surface area contributed by atoms with Gasteiger partial charge >= 0.3 is 0 Å². The Bertz CT molecular complexity index is 2240. The van der Waals surface area contributed by atoms with Crippen LogP contribution in [0.3, 0.4) is 0 Å². The van der Waals surface area contributed by atoms with E-state index in [-0.39, 0.29) is 48.4 Å². The van der Waals surface area contributed by atoms with Crippen LogP contribution in [0.2, 0.25) is 0 Å². The number of benzene rings is 3. The number of ether oxygens (including phenoxy) is 2. The molecule has 0 spiro atoms. The van der Waals surface area contributed by atoms with Crippen molar-refractivity contribution in [2.24, 2.45) is 23.2 Å². The second-order valence-electron chi connectivity index (χ2n) is 23.2. The predicted octanol–water partition coefficient (Wildman–Crippen LogP) is 17.5. The van der Waals surface area contributed by atoms with Crippen LogP contribution >= 0.6 is 0 Å². The van der Waals surface area contributed by atoms with Gasteiger partial charge in [-0.1, -0.05) is 238 Å². The van der Waals surface area contributed by atoms with E-state index in [1.165, 1.54) is 159 Å². The molecule has 12 nitrogen and oxygen atoms in total. The first-order valence-corrected chi connectivity index (χ1v) is 34.9. The van der Waals surface area contributed by atoms with Crippen LogP contribution in [0.15, 0.2) is 113 Å². The van der Waals surface area contributed by atoms with Gasteiger partial charge in [-0.25, -0.2) is 0 Å². The molecule has 3 aromatic rings. The number of unbranched alkanes of at least 4 members (excludes halogenated alkanes) is 18. The zero-order chi connectivity index (χ0) is 60.8. The Morgan fingerprint density at radius 1 is 0.451 bits per heavy atom. The quantitative estimate of drug-likeness (QED) is 0.0181. The normalized spacial score (nSPS) is 11.7. The summed E-state index contributed by atoms with van der Waals surface area (Å²) in [4.78, 5) is -0.000944. The second kappa shape index (κ2) is 49.6. The van der Waals surface area contributed by atoms with Crippen molar-refractivity contribution in [1.29, 1.82) is 0 Å². The summed E-state index contributed by atoms with van der Waals surface area (Å²) in [6.07, 6.45) is 37.4. The monoisotopic (exact) mass is 1240 g/mol. The number of aliphatic hydroxyl groups is 1. The molecule has 0 atom stereocenters. The number of aliphatic hydroxyl groups excluding tert-OH is 1. The van der Waals surface area contributed by atoms with Crippen LogP contribution in [0.1, 0.15) is 226 Å². The summed E-state index contributed by atoms with van der Waals surface area (Å²) in [6.45, 7) is 24.9. The summed E-state index contributed by atoms with van der Waals surface area (Å²) in [5, 5.41) is 9.36. The van der Waals surface area contributed by atoms with Crippen LogP contribution < -0.4 is 0 Å². The molecular formula is C66H112O12S3Ti. The molecule has 0 amide bonds. The summed E-state index contributed by atoms with van der Waals surface area (Å²) < 4.78 is 104. The van der Waals surface area contributed by atoms with E-state index in [4.69, 9.17) is 18.6 Å². The average molecular weight is 1240 g/mol. The molecule has 0 aromatic heterocycles. The van der Waals surface area contributed by atoms with Gasteiger partial charge in [-0.15, -0.1) is 13.2 Å². The zero-order valence-electron chi connectivity index (χ0n) is 51.8. The van der Waals surface area contributed by atoms with Crippen LogP contribution in [0.4, 0.5) is 0 Å². The molecule has 0 radical (unpaired) electrons. The Morgan fingerprint density at radius 2 is 0.756 bits per heavy atom. The third-order valence-corrected chi connectivity index (χ3v) is 17.0. The first kappa shape index (κ1) is 81.5. The fraction of sp³-hybridized carbons (Fsp3) is 0.667. The molecule has 0 heterocycles. The van der Waals surface area contributed by atoms with E-state index in [1.54, 1.807) is 48.6 Å². The Kier molecular flexibility index (Phi) is 49.3. The molecule has 0 aliphatic rings. The smallest absolute Gasteiger partial charge is 0.294 e.